The van der Waals surface area contributed by atoms with Crippen LogP contribution in [0.25, 0.3) is 0 Å². The summed E-state index contributed by atoms with van der Waals surface area (Å²) in [6, 6.07) is 5.30. The van der Waals surface area contributed by atoms with E-state index in [9.17, 15) is 4.39 Å². The Hall–Kier alpha value is -0.600. The highest BCUT2D eigenvalue weighted by molar-refractivity contribution is 6.30. The van der Waals surface area contributed by atoms with E-state index in [0.717, 1.165) is 18.5 Å². The van der Waals surface area contributed by atoms with Gasteiger partial charge in [0.05, 0.1) is 5.02 Å². The van der Waals surface area contributed by atoms with Crippen molar-refractivity contribution in [2.45, 2.75) is 52.0 Å². The first-order valence-electron chi connectivity index (χ1n) is 6.87. The molecule has 0 heterocycles. The second-order valence-corrected chi connectivity index (χ2v) is 5.04. The fourth-order valence-corrected chi connectivity index (χ4v) is 2.33. The van der Waals surface area contributed by atoms with E-state index >= 15 is 0 Å². The van der Waals surface area contributed by atoms with Gasteiger partial charge in [0.2, 0.25) is 0 Å². The molecular formula is C15H23ClFN. The third-order valence-electron chi connectivity index (χ3n) is 3.14. The molecule has 0 saturated carbocycles. The minimum atomic E-state index is -0.346. The second-order valence-electron chi connectivity index (χ2n) is 4.63. The Morgan fingerprint density at radius 2 is 2.00 bits per heavy atom. The van der Waals surface area contributed by atoms with Gasteiger partial charge in [0.15, 0.2) is 0 Å². The van der Waals surface area contributed by atoms with Crippen molar-refractivity contribution < 1.29 is 4.39 Å². The molecule has 0 aliphatic carbocycles. The molecule has 0 saturated heterocycles. The average Bonchev–Trinajstić information content (AvgIpc) is 2.37. The lowest BCUT2D eigenvalue weighted by Crippen LogP contribution is -2.20. The van der Waals surface area contributed by atoms with Crippen molar-refractivity contribution in [2.24, 2.45) is 0 Å². The van der Waals surface area contributed by atoms with Gasteiger partial charge in [-0.15, -0.1) is 0 Å². The number of nitrogens with one attached hydrogen (secondary N) is 1. The highest BCUT2D eigenvalue weighted by atomic mass is 35.5. The van der Waals surface area contributed by atoms with E-state index in [1.54, 1.807) is 6.07 Å². The number of halogens is 2. The quantitative estimate of drug-likeness (QED) is 0.649. The van der Waals surface area contributed by atoms with Crippen LogP contribution in [-0.2, 0) is 0 Å². The predicted molar refractivity (Wildman–Crippen MR) is 76.6 cm³/mol. The number of benzene rings is 1. The van der Waals surface area contributed by atoms with E-state index in [2.05, 4.69) is 19.2 Å². The van der Waals surface area contributed by atoms with Crippen molar-refractivity contribution in [3.05, 3.63) is 34.6 Å². The summed E-state index contributed by atoms with van der Waals surface area (Å²) in [5.41, 5.74) is 1.08. The zero-order valence-electron chi connectivity index (χ0n) is 11.3. The average molecular weight is 272 g/mol. The van der Waals surface area contributed by atoms with Gasteiger partial charge in [-0.25, -0.2) is 4.39 Å². The lowest BCUT2D eigenvalue weighted by molar-refractivity contribution is 0.481. The lowest BCUT2D eigenvalue weighted by Gasteiger charge is -2.18. The smallest absolute Gasteiger partial charge is 0.141 e. The summed E-state index contributed by atoms with van der Waals surface area (Å²) in [6.07, 6.45) is 6.06. The van der Waals surface area contributed by atoms with Crippen LogP contribution in [0.2, 0.25) is 5.02 Å². The van der Waals surface area contributed by atoms with Crippen LogP contribution in [0, 0.1) is 5.82 Å². The molecule has 102 valence electrons. The molecule has 0 radical (unpaired) electrons. The minimum Gasteiger partial charge on any atom is -0.310 e. The summed E-state index contributed by atoms with van der Waals surface area (Å²) in [5.74, 6) is -0.346. The van der Waals surface area contributed by atoms with Crippen LogP contribution in [0.3, 0.4) is 0 Å². The first kappa shape index (κ1) is 15.5. The molecule has 1 rings (SSSR count). The Kier molecular flexibility index (Phi) is 7.29. The van der Waals surface area contributed by atoms with E-state index in [0.29, 0.717) is 0 Å². The third-order valence-corrected chi connectivity index (χ3v) is 3.43. The molecule has 0 aliphatic heterocycles. The molecule has 0 aliphatic rings. The Bertz CT molecular complexity index is 354. The third kappa shape index (κ3) is 4.95. The molecule has 0 fully saturated rings. The largest absolute Gasteiger partial charge is 0.310 e. The molecule has 1 aromatic rings. The molecule has 18 heavy (non-hydrogen) atoms. The molecule has 0 amide bonds. The standard InChI is InChI=1S/C15H23ClFN/c1-3-5-6-7-8-15(18-4-2)12-9-10-14(17)13(16)11-12/h9-11,15,18H,3-8H2,1-2H3. The predicted octanol–water partition coefficient (Wildman–Crippen LogP) is 5.10. The first-order valence-corrected chi connectivity index (χ1v) is 7.25. The molecule has 0 aromatic heterocycles. The maximum absolute atomic E-state index is 13.1. The maximum atomic E-state index is 13.1. The maximum Gasteiger partial charge on any atom is 0.141 e. The van der Waals surface area contributed by atoms with Gasteiger partial charge in [-0.1, -0.05) is 57.2 Å². The van der Waals surface area contributed by atoms with Crippen LogP contribution in [0.15, 0.2) is 18.2 Å². The lowest BCUT2D eigenvalue weighted by atomic mass is 10.00. The second kappa shape index (κ2) is 8.49. The summed E-state index contributed by atoms with van der Waals surface area (Å²) in [6.45, 7) is 5.21. The Morgan fingerprint density at radius 1 is 1.22 bits per heavy atom. The van der Waals surface area contributed by atoms with Crippen molar-refractivity contribution in [1.29, 1.82) is 0 Å². The van der Waals surface area contributed by atoms with Crippen molar-refractivity contribution >= 4 is 11.6 Å². The van der Waals surface area contributed by atoms with Gasteiger partial charge < -0.3 is 5.32 Å². The SMILES string of the molecule is CCCCCCC(NCC)c1ccc(F)c(Cl)c1. The molecule has 3 heteroatoms. The highest BCUT2D eigenvalue weighted by Gasteiger charge is 2.11. The first-order chi connectivity index (χ1) is 8.69. The molecule has 1 N–H and O–H groups in total. The molecule has 0 bridgehead atoms. The Labute approximate surface area is 115 Å². The molecule has 1 nitrogen and oxygen atoms in total. The van der Waals surface area contributed by atoms with Gasteiger partial charge >= 0.3 is 0 Å². The van der Waals surface area contributed by atoms with E-state index in [1.165, 1.54) is 31.7 Å². The summed E-state index contributed by atoms with van der Waals surface area (Å²) in [4.78, 5) is 0. The number of rotatable bonds is 8. The summed E-state index contributed by atoms with van der Waals surface area (Å²) < 4.78 is 13.1. The zero-order chi connectivity index (χ0) is 13.4. The molecule has 1 unspecified atom stereocenters. The molecule has 1 atom stereocenters. The molecule has 1 aromatic carbocycles. The van der Waals surface area contributed by atoms with Gasteiger partial charge in [0, 0.05) is 6.04 Å². The van der Waals surface area contributed by atoms with Gasteiger partial charge in [-0.2, -0.15) is 0 Å². The van der Waals surface area contributed by atoms with Gasteiger partial charge in [0.25, 0.3) is 0 Å². The van der Waals surface area contributed by atoms with E-state index in [-0.39, 0.29) is 16.9 Å². The van der Waals surface area contributed by atoms with Crippen LogP contribution in [0.4, 0.5) is 4.39 Å². The topological polar surface area (TPSA) is 12.0 Å². The summed E-state index contributed by atoms with van der Waals surface area (Å²) in [7, 11) is 0. The molecular weight excluding hydrogens is 249 g/mol. The summed E-state index contributed by atoms with van der Waals surface area (Å²) >= 11 is 5.84. The Balaban J connectivity index is 2.61. The van der Waals surface area contributed by atoms with Crippen LogP contribution >= 0.6 is 11.6 Å². The van der Waals surface area contributed by atoms with E-state index < -0.39 is 0 Å². The van der Waals surface area contributed by atoms with Crippen molar-refractivity contribution in [3.8, 4) is 0 Å². The number of hydrogen-bond donors (Lipinski definition) is 1. The number of hydrogen-bond acceptors (Lipinski definition) is 1. The molecule has 0 spiro atoms. The van der Waals surface area contributed by atoms with Gasteiger partial charge in [0.1, 0.15) is 5.82 Å². The van der Waals surface area contributed by atoms with Gasteiger partial charge in [-0.05, 0) is 30.7 Å². The fraction of sp³-hybridized carbons (Fsp3) is 0.600. The zero-order valence-corrected chi connectivity index (χ0v) is 12.1. The van der Waals surface area contributed by atoms with Crippen molar-refractivity contribution in [2.75, 3.05) is 6.54 Å². The van der Waals surface area contributed by atoms with Gasteiger partial charge in [-0.3, -0.25) is 0 Å². The van der Waals surface area contributed by atoms with Crippen LogP contribution in [0.1, 0.15) is 57.6 Å². The van der Waals surface area contributed by atoms with Crippen LogP contribution < -0.4 is 5.32 Å². The fourth-order valence-electron chi connectivity index (χ4n) is 2.14. The van der Waals surface area contributed by atoms with E-state index in [1.807, 2.05) is 6.07 Å². The van der Waals surface area contributed by atoms with Crippen LogP contribution in [-0.4, -0.2) is 6.54 Å². The van der Waals surface area contributed by atoms with E-state index in [4.69, 9.17) is 11.6 Å². The van der Waals surface area contributed by atoms with Crippen molar-refractivity contribution in [1.82, 2.24) is 5.32 Å². The van der Waals surface area contributed by atoms with Crippen molar-refractivity contribution in [3.63, 3.8) is 0 Å². The minimum absolute atomic E-state index is 0.212. The normalized spacial score (nSPS) is 12.7. The highest BCUT2D eigenvalue weighted by Crippen LogP contribution is 2.24. The monoisotopic (exact) mass is 271 g/mol. The summed E-state index contributed by atoms with van der Waals surface area (Å²) in [5, 5.41) is 3.65. The Morgan fingerprint density at radius 3 is 2.61 bits per heavy atom. The van der Waals surface area contributed by atoms with Crippen LogP contribution in [0.5, 0.6) is 0 Å². The number of unbranched alkanes of at least 4 members (excludes halogenated alkanes) is 3.